The van der Waals surface area contributed by atoms with Gasteiger partial charge in [0.1, 0.15) is 0 Å². The fraction of sp³-hybridized carbons (Fsp3) is 0.143. The Balaban J connectivity index is 1.72. The summed E-state index contributed by atoms with van der Waals surface area (Å²) in [6, 6.07) is 9.58. The highest BCUT2D eigenvalue weighted by Gasteiger charge is 2.15. The lowest BCUT2D eigenvalue weighted by molar-refractivity contribution is -0.255. The number of hydrazone groups is 1. The number of carboxylic acid groups (broad SMARTS) is 1. The van der Waals surface area contributed by atoms with Crippen molar-refractivity contribution in [3.8, 4) is 11.5 Å². The van der Waals surface area contributed by atoms with E-state index in [0.717, 1.165) is 11.8 Å². The minimum Gasteiger partial charge on any atom is -0.545 e. The van der Waals surface area contributed by atoms with E-state index in [-0.39, 0.29) is 28.3 Å². The second-order valence-electron chi connectivity index (χ2n) is 6.39. The molecule has 0 bridgehead atoms. The number of ether oxygens (including phenoxy) is 2. The van der Waals surface area contributed by atoms with Crippen molar-refractivity contribution < 1.29 is 24.2 Å². The topological polar surface area (TPSA) is 118 Å². The SMILES string of the molecule is COc1ccc(/C=N\NC(=O)c2ccn(Cc3ccc(Cl)cc3Cl)n2)c(C(=O)[O-])c1OC. The second kappa shape index (κ2) is 10.2. The van der Waals surface area contributed by atoms with Crippen LogP contribution in [0.4, 0.5) is 0 Å². The van der Waals surface area contributed by atoms with Gasteiger partial charge in [-0.05, 0) is 35.9 Å². The molecule has 1 heterocycles. The van der Waals surface area contributed by atoms with Crippen LogP contribution in [0.1, 0.15) is 32.0 Å². The van der Waals surface area contributed by atoms with Crippen LogP contribution in [0.2, 0.25) is 10.0 Å². The van der Waals surface area contributed by atoms with E-state index in [9.17, 15) is 14.7 Å². The second-order valence-corrected chi connectivity index (χ2v) is 7.23. The predicted octanol–water partition coefficient (Wildman–Crippen LogP) is 2.38. The molecule has 0 radical (unpaired) electrons. The van der Waals surface area contributed by atoms with Crippen LogP contribution in [0.25, 0.3) is 0 Å². The van der Waals surface area contributed by atoms with Gasteiger partial charge in [-0.3, -0.25) is 9.48 Å². The van der Waals surface area contributed by atoms with Crippen molar-refractivity contribution in [3.63, 3.8) is 0 Å². The van der Waals surface area contributed by atoms with Crippen LogP contribution in [0.3, 0.4) is 0 Å². The van der Waals surface area contributed by atoms with E-state index in [4.69, 9.17) is 32.7 Å². The molecule has 0 atom stereocenters. The highest BCUT2D eigenvalue weighted by atomic mass is 35.5. The standard InChI is InChI=1S/C21H18Cl2N4O5/c1-31-17-6-4-12(18(21(29)30)19(17)32-2)10-24-25-20(28)16-7-8-27(26-16)11-13-3-5-14(22)9-15(13)23/h3-10H,11H2,1-2H3,(H,25,28)(H,29,30)/p-1/b24-10-. The Morgan fingerprint density at radius 1 is 1.19 bits per heavy atom. The summed E-state index contributed by atoms with van der Waals surface area (Å²) in [5.41, 5.74) is 3.10. The number of aromatic nitrogens is 2. The summed E-state index contributed by atoms with van der Waals surface area (Å²) in [6.45, 7) is 0.340. The van der Waals surface area contributed by atoms with Crippen molar-refractivity contribution in [3.05, 3.63) is 75.0 Å². The number of carbonyl (C=O) groups is 2. The third-order valence-electron chi connectivity index (χ3n) is 4.37. The molecule has 1 aromatic heterocycles. The number of hydrogen-bond acceptors (Lipinski definition) is 7. The highest BCUT2D eigenvalue weighted by Crippen LogP contribution is 2.32. The van der Waals surface area contributed by atoms with Crippen LogP contribution in [0.5, 0.6) is 11.5 Å². The number of halogens is 2. The predicted molar refractivity (Wildman–Crippen MR) is 117 cm³/mol. The number of methoxy groups -OCH3 is 2. The van der Waals surface area contributed by atoms with Gasteiger partial charge in [-0.2, -0.15) is 10.2 Å². The average molecular weight is 476 g/mol. The number of carbonyl (C=O) groups excluding carboxylic acids is 2. The van der Waals surface area contributed by atoms with E-state index >= 15 is 0 Å². The van der Waals surface area contributed by atoms with E-state index < -0.39 is 11.9 Å². The molecule has 0 aliphatic rings. The fourth-order valence-electron chi connectivity index (χ4n) is 2.87. The lowest BCUT2D eigenvalue weighted by atomic mass is 10.1. The van der Waals surface area contributed by atoms with Crippen LogP contribution < -0.4 is 20.0 Å². The summed E-state index contributed by atoms with van der Waals surface area (Å²) in [4.78, 5) is 23.9. The molecule has 0 saturated heterocycles. The largest absolute Gasteiger partial charge is 0.545 e. The van der Waals surface area contributed by atoms with Gasteiger partial charge in [0.2, 0.25) is 0 Å². The van der Waals surface area contributed by atoms with Crippen LogP contribution in [0, 0.1) is 0 Å². The molecule has 0 saturated carbocycles. The van der Waals surface area contributed by atoms with Crippen molar-refractivity contribution in [2.75, 3.05) is 14.2 Å². The highest BCUT2D eigenvalue weighted by molar-refractivity contribution is 6.35. The number of aromatic carboxylic acids is 1. The molecule has 3 aromatic rings. The maximum atomic E-state index is 12.3. The summed E-state index contributed by atoms with van der Waals surface area (Å²) in [6.07, 6.45) is 2.78. The van der Waals surface area contributed by atoms with Gasteiger partial charge in [0.15, 0.2) is 17.2 Å². The molecule has 1 amide bonds. The molecule has 11 heteroatoms. The third kappa shape index (κ3) is 5.19. The van der Waals surface area contributed by atoms with Crippen LogP contribution in [-0.4, -0.2) is 42.1 Å². The monoisotopic (exact) mass is 475 g/mol. The first-order valence-electron chi connectivity index (χ1n) is 9.11. The van der Waals surface area contributed by atoms with Gasteiger partial charge in [-0.1, -0.05) is 29.3 Å². The summed E-state index contributed by atoms with van der Waals surface area (Å²) < 4.78 is 11.7. The Morgan fingerprint density at radius 3 is 2.62 bits per heavy atom. The van der Waals surface area contributed by atoms with E-state index in [2.05, 4.69) is 15.6 Å². The minimum absolute atomic E-state index is 0.0117. The number of benzene rings is 2. The fourth-order valence-corrected chi connectivity index (χ4v) is 3.34. The summed E-state index contributed by atoms with van der Waals surface area (Å²) in [5, 5.41) is 20.6. The summed E-state index contributed by atoms with van der Waals surface area (Å²) >= 11 is 12.1. The normalized spacial score (nSPS) is 10.9. The molecule has 32 heavy (non-hydrogen) atoms. The molecule has 1 N–H and O–H groups in total. The van der Waals surface area contributed by atoms with Crippen LogP contribution in [0.15, 0.2) is 47.7 Å². The van der Waals surface area contributed by atoms with Crippen molar-refractivity contribution in [1.82, 2.24) is 15.2 Å². The molecular weight excluding hydrogens is 459 g/mol. The molecule has 9 nitrogen and oxygen atoms in total. The quantitative estimate of drug-likeness (QED) is 0.394. The van der Waals surface area contributed by atoms with Crippen LogP contribution >= 0.6 is 23.2 Å². The smallest absolute Gasteiger partial charge is 0.291 e. The Labute approximate surface area is 193 Å². The Morgan fingerprint density at radius 2 is 1.97 bits per heavy atom. The van der Waals surface area contributed by atoms with Gasteiger partial charge < -0.3 is 19.4 Å². The maximum Gasteiger partial charge on any atom is 0.291 e. The first-order valence-corrected chi connectivity index (χ1v) is 9.86. The molecule has 0 spiro atoms. The third-order valence-corrected chi connectivity index (χ3v) is 4.96. The van der Waals surface area contributed by atoms with Crippen LogP contribution in [-0.2, 0) is 6.54 Å². The number of hydrogen-bond donors (Lipinski definition) is 1. The Bertz CT molecular complexity index is 1190. The van der Waals surface area contributed by atoms with Crippen molar-refractivity contribution in [2.24, 2.45) is 5.10 Å². The first-order chi connectivity index (χ1) is 15.3. The van der Waals surface area contributed by atoms with E-state index in [1.807, 2.05) is 0 Å². The Hall–Kier alpha value is -3.56. The maximum absolute atomic E-state index is 12.3. The van der Waals surface area contributed by atoms with Gasteiger partial charge in [0.05, 0.1) is 38.5 Å². The summed E-state index contributed by atoms with van der Waals surface area (Å²) in [5.74, 6) is -1.85. The molecule has 0 aliphatic carbocycles. The molecule has 3 rings (SSSR count). The van der Waals surface area contributed by atoms with E-state index in [0.29, 0.717) is 16.6 Å². The zero-order valence-corrected chi connectivity index (χ0v) is 18.5. The van der Waals surface area contributed by atoms with E-state index in [1.165, 1.54) is 37.1 Å². The van der Waals surface area contributed by atoms with Crippen molar-refractivity contribution in [2.45, 2.75) is 6.54 Å². The average Bonchev–Trinajstić information content (AvgIpc) is 3.23. The number of rotatable bonds is 8. The van der Waals surface area contributed by atoms with Gasteiger partial charge in [0.25, 0.3) is 5.91 Å². The molecule has 166 valence electrons. The molecule has 0 unspecified atom stereocenters. The molecule has 0 fully saturated rings. The minimum atomic E-state index is -1.48. The Kier molecular flexibility index (Phi) is 7.34. The molecule has 0 aliphatic heterocycles. The number of amides is 1. The lowest BCUT2D eigenvalue weighted by Crippen LogP contribution is -2.25. The number of nitrogens with one attached hydrogen (secondary N) is 1. The zero-order valence-electron chi connectivity index (χ0n) is 17.0. The summed E-state index contributed by atoms with van der Waals surface area (Å²) in [7, 11) is 2.69. The lowest BCUT2D eigenvalue weighted by Gasteiger charge is -2.15. The number of carboxylic acids is 1. The van der Waals surface area contributed by atoms with Crippen molar-refractivity contribution in [1.29, 1.82) is 0 Å². The molecular formula is C21H17Cl2N4O5-. The van der Waals surface area contributed by atoms with Gasteiger partial charge in [-0.25, -0.2) is 5.43 Å². The van der Waals surface area contributed by atoms with E-state index in [1.54, 1.807) is 24.4 Å². The van der Waals surface area contributed by atoms with Gasteiger partial charge in [0, 0.05) is 21.8 Å². The van der Waals surface area contributed by atoms with Gasteiger partial charge >= 0.3 is 0 Å². The molecule has 2 aromatic carbocycles. The zero-order chi connectivity index (χ0) is 23.3. The van der Waals surface area contributed by atoms with Crippen molar-refractivity contribution >= 4 is 41.3 Å². The first kappa shape index (κ1) is 23.1. The number of nitrogens with zero attached hydrogens (tertiary/aromatic N) is 3. The van der Waals surface area contributed by atoms with Gasteiger partial charge in [-0.15, -0.1) is 0 Å².